The van der Waals surface area contributed by atoms with Gasteiger partial charge in [0.2, 0.25) is 5.91 Å². The second-order valence-electron chi connectivity index (χ2n) is 6.98. The molecule has 1 atom stereocenters. The lowest BCUT2D eigenvalue weighted by Gasteiger charge is -2.32. The maximum absolute atomic E-state index is 12.5. The van der Waals surface area contributed by atoms with Crippen molar-refractivity contribution in [2.24, 2.45) is 0 Å². The number of nitrogens with one attached hydrogen (secondary N) is 2. The van der Waals surface area contributed by atoms with Gasteiger partial charge in [0.25, 0.3) is 5.91 Å². The summed E-state index contributed by atoms with van der Waals surface area (Å²) < 4.78 is 7.83. The molecule has 1 aromatic carbocycles. The molecule has 1 unspecified atom stereocenters. The fourth-order valence-electron chi connectivity index (χ4n) is 3.44. The van der Waals surface area contributed by atoms with E-state index in [1.54, 1.807) is 23.8 Å². The molecule has 0 saturated carbocycles. The topological polar surface area (TPSA) is 75.6 Å². The Kier molecular flexibility index (Phi) is 5.59. The Bertz CT molecular complexity index is 882. The van der Waals surface area contributed by atoms with E-state index in [9.17, 15) is 9.59 Å². The number of amides is 2. The molecule has 0 aliphatic carbocycles. The van der Waals surface area contributed by atoms with Crippen molar-refractivity contribution in [3.63, 3.8) is 0 Å². The van der Waals surface area contributed by atoms with Gasteiger partial charge in [-0.2, -0.15) is 0 Å². The molecule has 4 rings (SSSR count). The van der Waals surface area contributed by atoms with Crippen LogP contribution in [0.15, 0.2) is 41.4 Å². The highest BCUT2D eigenvalue weighted by Gasteiger charge is 2.22. The van der Waals surface area contributed by atoms with Crippen molar-refractivity contribution in [3.05, 3.63) is 47.8 Å². The summed E-state index contributed by atoms with van der Waals surface area (Å²) in [6.07, 6.45) is 2.69. The van der Waals surface area contributed by atoms with Gasteiger partial charge in [0.1, 0.15) is 0 Å². The van der Waals surface area contributed by atoms with Crippen molar-refractivity contribution in [1.82, 2.24) is 14.2 Å². The van der Waals surface area contributed by atoms with Crippen molar-refractivity contribution in [2.75, 3.05) is 31.6 Å². The van der Waals surface area contributed by atoms with Crippen LogP contribution in [-0.2, 0) is 16.1 Å². The summed E-state index contributed by atoms with van der Waals surface area (Å²) in [6.45, 7) is 4.60. The number of aromatic nitrogens is 1. The summed E-state index contributed by atoms with van der Waals surface area (Å²) in [4.78, 5) is 26.9. The molecular weight excluding hydrogens is 376 g/mol. The fraction of sp³-hybridized carbons (Fsp3) is 0.400. The Morgan fingerprint density at radius 3 is 3.11 bits per heavy atom. The van der Waals surface area contributed by atoms with Crippen molar-refractivity contribution in [3.8, 4) is 0 Å². The third-order valence-corrected chi connectivity index (χ3v) is 6.13. The maximum atomic E-state index is 12.5. The number of anilines is 1. The van der Waals surface area contributed by atoms with Crippen LogP contribution < -0.4 is 10.6 Å². The number of carbonyl (C=O) groups excluding carboxylic acids is 2. The highest BCUT2D eigenvalue weighted by atomic mass is 32.2. The quantitative estimate of drug-likeness (QED) is 0.824. The number of fused-ring (bicyclic) bond motifs is 2. The van der Waals surface area contributed by atoms with Gasteiger partial charge in [0, 0.05) is 44.0 Å². The first-order chi connectivity index (χ1) is 13.6. The summed E-state index contributed by atoms with van der Waals surface area (Å²) in [5, 5.41) is 6.37. The predicted octanol–water partition coefficient (Wildman–Crippen LogP) is 2.34. The molecule has 7 nitrogen and oxygen atoms in total. The first-order valence-corrected chi connectivity index (χ1v) is 10.3. The molecule has 1 fully saturated rings. The van der Waals surface area contributed by atoms with Gasteiger partial charge in [0.05, 0.1) is 29.8 Å². The average molecular weight is 401 g/mol. The van der Waals surface area contributed by atoms with Gasteiger partial charge in [-0.15, -0.1) is 0 Å². The maximum Gasteiger partial charge on any atom is 0.251 e. The average Bonchev–Trinajstić information content (AvgIpc) is 3.07. The molecule has 0 spiro atoms. The van der Waals surface area contributed by atoms with Crippen molar-refractivity contribution in [1.29, 1.82) is 0 Å². The summed E-state index contributed by atoms with van der Waals surface area (Å²) in [5.41, 5.74) is 2.79. The van der Waals surface area contributed by atoms with Crippen molar-refractivity contribution in [2.45, 2.75) is 30.9 Å². The summed E-state index contributed by atoms with van der Waals surface area (Å²) in [6, 6.07) is 9.85. The Morgan fingerprint density at radius 2 is 2.25 bits per heavy atom. The molecule has 2 aliphatic heterocycles. The molecule has 2 aliphatic rings. The number of rotatable bonds is 4. The number of carbonyl (C=O) groups is 2. The lowest BCUT2D eigenvalue weighted by molar-refractivity contribution is -0.136. The predicted molar refractivity (Wildman–Crippen MR) is 108 cm³/mol. The number of benzene rings is 1. The molecule has 2 amide bonds. The lowest BCUT2D eigenvalue weighted by Crippen LogP contribution is -2.45. The van der Waals surface area contributed by atoms with Crippen LogP contribution in [0.25, 0.3) is 0 Å². The molecule has 0 radical (unpaired) electrons. The van der Waals surface area contributed by atoms with E-state index in [-0.39, 0.29) is 17.9 Å². The molecule has 8 heteroatoms. The Labute approximate surface area is 168 Å². The van der Waals surface area contributed by atoms with E-state index in [1.807, 2.05) is 30.5 Å². The van der Waals surface area contributed by atoms with E-state index in [2.05, 4.69) is 20.7 Å². The number of nitrogens with zero attached hydrogens (tertiary/aromatic N) is 2. The van der Waals surface area contributed by atoms with Crippen LogP contribution in [0.1, 0.15) is 29.4 Å². The van der Waals surface area contributed by atoms with Gasteiger partial charge in [-0.05, 0) is 48.7 Å². The van der Waals surface area contributed by atoms with E-state index < -0.39 is 0 Å². The molecular formula is C20H24N4O3S. The smallest absolute Gasteiger partial charge is 0.251 e. The van der Waals surface area contributed by atoms with Gasteiger partial charge in [-0.25, -0.2) is 0 Å². The third kappa shape index (κ3) is 4.18. The largest absolute Gasteiger partial charge is 0.378 e. The number of hydrogen-bond donors (Lipinski definition) is 2. The van der Waals surface area contributed by atoms with Gasteiger partial charge in [0.15, 0.2) is 0 Å². The number of morpholine rings is 1. The van der Waals surface area contributed by atoms with Crippen molar-refractivity contribution >= 4 is 29.4 Å². The van der Waals surface area contributed by atoms with Crippen molar-refractivity contribution < 1.29 is 14.3 Å². The highest BCUT2D eigenvalue weighted by Crippen LogP contribution is 2.33. The van der Waals surface area contributed by atoms with Crippen LogP contribution in [0.2, 0.25) is 0 Å². The third-order valence-electron chi connectivity index (χ3n) is 5.03. The summed E-state index contributed by atoms with van der Waals surface area (Å²) in [7, 11) is 0. The van der Waals surface area contributed by atoms with E-state index in [0.717, 1.165) is 17.1 Å². The summed E-state index contributed by atoms with van der Waals surface area (Å²) in [5.74, 6) is -0.0305. The van der Waals surface area contributed by atoms with Crippen LogP contribution >= 0.6 is 11.9 Å². The van der Waals surface area contributed by atoms with Crippen LogP contribution in [0.5, 0.6) is 0 Å². The fourth-order valence-corrected chi connectivity index (χ4v) is 4.38. The molecule has 1 saturated heterocycles. The standard InChI is InChI=1S/C20H24N4O3S/c1-14(25)23-9-10-27-17(13-23)6-7-21-20(26)15-4-5-19-18(11-15)22-12-16-3-2-8-24(16)28-19/h2-5,8,11,17,22H,6-7,9-10,12-13H2,1H3,(H,21,26). The minimum absolute atomic E-state index is 0.0298. The van der Waals surface area contributed by atoms with Crippen LogP contribution in [-0.4, -0.2) is 53.0 Å². The Morgan fingerprint density at radius 1 is 1.36 bits per heavy atom. The lowest BCUT2D eigenvalue weighted by atomic mass is 10.1. The van der Waals surface area contributed by atoms with Gasteiger partial charge in [-0.1, -0.05) is 0 Å². The van der Waals surface area contributed by atoms with Crippen LogP contribution in [0.4, 0.5) is 5.69 Å². The van der Waals surface area contributed by atoms with Gasteiger partial charge in [-0.3, -0.25) is 13.6 Å². The van der Waals surface area contributed by atoms with E-state index >= 15 is 0 Å². The summed E-state index contributed by atoms with van der Waals surface area (Å²) >= 11 is 1.64. The number of hydrogen-bond acceptors (Lipinski definition) is 5. The minimum Gasteiger partial charge on any atom is -0.378 e. The second-order valence-corrected chi connectivity index (χ2v) is 8.00. The highest BCUT2D eigenvalue weighted by molar-refractivity contribution is 7.98. The zero-order valence-corrected chi connectivity index (χ0v) is 16.6. The molecule has 1 aromatic heterocycles. The van der Waals surface area contributed by atoms with E-state index in [1.165, 1.54) is 5.69 Å². The zero-order valence-electron chi connectivity index (χ0n) is 15.8. The molecule has 28 heavy (non-hydrogen) atoms. The molecule has 2 N–H and O–H groups in total. The van der Waals surface area contributed by atoms with E-state index in [4.69, 9.17) is 4.74 Å². The molecule has 3 heterocycles. The van der Waals surface area contributed by atoms with E-state index in [0.29, 0.717) is 38.2 Å². The minimum atomic E-state index is -0.0994. The molecule has 0 bridgehead atoms. The second kappa shape index (κ2) is 8.28. The van der Waals surface area contributed by atoms with Crippen LogP contribution in [0, 0.1) is 0 Å². The van der Waals surface area contributed by atoms with Crippen LogP contribution in [0.3, 0.4) is 0 Å². The Hall–Kier alpha value is -2.45. The molecule has 148 valence electrons. The van der Waals surface area contributed by atoms with Gasteiger partial charge < -0.3 is 20.3 Å². The monoisotopic (exact) mass is 400 g/mol. The number of ether oxygens (including phenoxy) is 1. The first-order valence-electron chi connectivity index (χ1n) is 9.48. The first kappa shape index (κ1) is 18.9. The molecule has 2 aromatic rings. The normalized spacial score (nSPS) is 18.5. The SMILES string of the molecule is CC(=O)N1CCOC(CCNC(=O)c2ccc3c(c2)NCc2cccn2S3)C1. The zero-order chi connectivity index (χ0) is 19.5. The Balaban J connectivity index is 1.32. The van der Waals surface area contributed by atoms with Gasteiger partial charge >= 0.3 is 0 Å².